The summed E-state index contributed by atoms with van der Waals surface area (Å²) in [4.78, 5) is 0. The van der Waals surface area contributed by atoms with Gasteiger partial charge in [-0.3, -0.25) is 0 Å². The van der Waals surface area contributed by atoms with E-state index in [0.717, 1.165) is 43.6 Å². The second-order valence-corrected chi connectivity index (χ2v) is 12.3. The molecule has 6 aliphatic rings. The Labute approximate surface area is 182 Å². The molecule has 1 spiro atoms. The van der Waals surface area contributed by atoms with Crippen LogP contribution >= 0.6 is 0 Å². The van der Waals surface area contributed by atoms with Gasteiger partial charge in [0, 0.05) is 18.8 Å². The van der Waals surface area contributed by atoms with Crippen LogP contribution in [0.2, 0.25) is 0 Å². The van der Waals surface area contributed by atoms with Crippen LogP contribution in [0.15, 0.2) is 23.5 Å². The number of hydrogen-bond donors (Lipinski definition) is 1. The van der Waals surface area contributed by atoms with E-state index in [1.165, 1.54) is 37.7 Å². The fraction of sp³-hybridized carbons (Fsp3) is 0.852. The maximum absolute atomic E-state index is 10.1. The van der Waals surface area contributed by atoms with Crippen molar-refractivity contribution in [2.24, 2.45) is 46.3 Å². The Kier molecular flexibility index (Phi) is 4.22. The molecule has 2 heterocycles. The molecule has 0 aromatic carbocycles. The molecule has 3 heteroatoms. The zero-order valence-electron chi connectivity index (χ0n) is 19.3. The number of rotatable bonds is 0. The Morgan fingerprint density at radius 1 is 1.07 bits per heavy atom. The second-order valence-electron chi connectivity index (χ2n) is 12.3. The van der Waals surface area contributed by atoms with Crippen molar-refractivity contribution < 1.29 is 14.6 Å². The molecule has 0 aromatic rings. The summed E-state index contributed by atoms with van der Waals surface area (Å²) in [5.74, 6) is 4.39. The van der Waals surface area contributed by atoms with Crippen LogP contribution in [-0.2, 0) is 9.47 Å². The van der Waals surface area contributed by atoms with Gasteiger partial charge in [-0.2, -0.15) is 0 Å². The molecule has 10 atom stereocenters. The van der Waals surface area contributed by atoms with E-state index >= 15 is 0 Å². The molecular formula is C27H40O3. The van der Waals surface area contributed by atoms with Gasteiger partial charge in [0.15, 0.2) is 5.79 Å². The molecular weight excluding hydrogens is 372 g/mol. The van der Waals surface area contributed by atoms with Gasteiger partial charge in [-0.25, -0.2) is 0 Å². The highest BCUT2D eigenvalue weighted by Crippen LogP contribution is 2.70. The molecule has 2 saturated heterocycles. The normalized spacial score (nSPS) is 57.1. The van der Waals surface area contributed by atoms with Gasteiger partial charge < -0.3 is 14.6 Å². The van der Waals surface area contributed by atoms with Crippen molar-refractivity contribution in [1.29, 1.82) is 0 Å². The minimum absolute atomic E-state index is 0.254. The van der Waals surface area contributed by atoms with Gasteiger partial charge in [0.05, 0.1) is 18.5 Å². The first kappa shape index (κ1) is 19.9. The minimum Gasteiger partial charge on any atom is -0.512 e. The average molecular weight is 413 g/mol. The van der Waals surface area contributed by atoms with Gasteiger partial charge in [0.1, 0.15) is 0 Å². The molecule has 30 heavy (non-hydrogen) atoms. The van der Waals surface area contributed by atoms with E-state index < -0.39 is 0 Å². The highest BCUT2D eigenvalue weighted by atomic mass is 16.7. The first-order valence-corrected chi connectivity index (χ1v) is 12.7. The topological polar surface area (TPSA) is 38.7 Å². The van der Waals surface area contributed by atoms with Crippen LogP contribution in [-0.4, -0.2) is 23.6 Å². The lowest BCUT2D eigenvalue weighted by Crippen LogP contribution is -2.51. The molecule has 1 N–H and O–H groups in total. The number of allylic oxidation sites excluding steroid dienone is 4. The van der Waals surface area contributed by atoms with Crippen LogP contribution in [0.1, 0.15) is 79.1 Å². The summed E-state index contributed by atoms with van der Waals surface area (Å²) in [5.41, 5.74) is 2.06. The predicted octanol–water partition coefficient (Wildman–Crippen LogP) is 6.40. The first-order chi connectivity index (χ1) is 14.3. The van der Waals surface area contributed by atoms with Crippen molar-refractivity contribution in [1.82, 2.24) is 0 Å². The summed E-state index contributed by atoms with van der Waals surface area (Å²) in [5, 5.41) is 10.1. The van der Waals surface area contributed by atoms with Gasteiger partial charge in [-0.15, -0.1) is 0 Å². The number of hydrogen-bond acceptors (Lipinski definition) is 3. The predicted molar refractivity (Wildman–Crippen MR) is 118 cm³/mol. The van der Waals surface area contributed by atoms with Crippen molar-refractivity contribution in [2.75, 3.05) is 6.61 Å². The molecule has 2 aliphatic heterocycles. The minimum atomic E-state index is -0.302. The van der Waals surface area contributed by atoms with Gasteiger partial charge >= 0.3 is 0 Å². The molecule has 7 unspecified atom stereocenters. The largest absolute Gasteiger partial charge is 0.512 e. The maximum atomic E-state index is 10.1. The van der Waals surface area contributed by atoms with E-state index in [2.05, 4.69) is 39.8 Å². The molecule has 6 rings (SSSR count). The fourth-order valence-corrected chi connectivity index (χ4v) is 9.33. The zero-order chi connectivity index (χ0) is 20.9. The Morgan fingerprint density at radius 3 is 2.67 bits per heavy atom. The Bertz CT molecular complexity index is 790. The summed E-state index contributed by atoms with van der Waals surface area (Å²) >= 11 is 0. The van der Waals surface area contributed by atoms with Crippen LogP contribution in [0.25, 0.3) is 0 Å². The van der Waals surface area contributed by atoms with E-state index in [0.29, 0.717) is 35.0 Å². The third kappa shape index (κ3) is 2.46. The molecule has 2 saturated carbocycles. The van der Waals surface area contributed by atoms with Crippen LogP contribution < -0.4 is 0 Å². The molecule has 0 amide bonds. The lowest BCUT2D eigenvalue weighted by molar-refractivity contribution is -0.272. The lowest BCUT2D eigenvalue weighted by atomic mass is 9.47. The first-order valence-electron chi connectivity index (χ1n) is 12.7. The van der Waals surface area contributed by atoms with Gasteiger partial charge in [0.2, 0.25) is 0 Å². The van der Waals surface area contributed by atoms with E-state index in [9.17, 15) is 5.11 Å². The maximum Gasteiger partial charge on any atom is 0.171 e. The number of ether oxygens (including phenoxy) is 2. The van der Waals surface area contributed by atoms with Crippen molar-refractivity contribution in [3.8, 4) is 0 Å². The van der Waals surface area contributed by atoms with E-state index in [-0.39, 0.29) is 11.2 Å². The molecule has 0 bridgehead atoms. The van der Waals surface area contributed by atoms with Crippen LogP contribution in [0, 0.1) is 46.3 Å². The smallest absolute Gasteiger partial charge is 0.171 e. The van der Waals surface area contributed by atoms with Crippen LogP contribution in [0.4, 0.5) is 0 Å². The van der Waals surface area contributed by atoms with E-state index in [1.54, 1.807) is 0 Å². The third-order valence-electron chi connectivity index (χ3n) is 11.0. The van der Waals surface area contributed by atoms with Crippen molar-refractivity contribution in [3.63, 3.8) is 0 Å². The number of fused-ring (bicyclic) bond motifs is 7. The molecule has 4 aliphatic carbocycles. The van der Waals surface area contributed by atoms with Crippen molar-refractivity contribution in [3.05, 3.63) is 23.5 Å². The van der Waals surface area contributed by atoms with Crippen molar-refractivity contribution >= 4 is 0 Å². The second kappa shape index (κ2) is 6.38. The quantitative estimate of drug-likeness (QED) is 0.500. The third-order valence-corrected chi connectivity index (χ3v) is 11.0. The molecule has 0 aromatic heterocycles. The number of aliphatic hydroxyl groups is 1. The summed E-state index contributed by atoms with van der Waals surface area (Å²) in [7, 11) is 0. The van der Waals surface area contributed by atoms with Crippen LogP contribution in [0.5, 0.6) is 0 Å². The summed E-state index contributed by atoms with van der Waals surface area (Å²) in [6.07, 6.45) is 14.3. The van der Waals surface area contributed by atoms with Gasteiger partial charge in [0.25, 0.3) is 0 Å². The zero-order valence-corrected chi connectivity index (χ0v) is 19.3. The van der Waals surface area contributed by atoms with E-state index in [4.69, 9.17) is 9.47 Å². The Hall–Kier alpha value is -0.800. The Balaban J connectivity index is 1.30. The fourth-order valence-electron chi connectivity index (χ4n) is 9.33. The van der Waals surface area contributed by atoms with Gasteiger partial charge in [-0.1, -0.05) is 33.8 Å². The molecule has 166 valence electrons. The SMILES string of the molecule is CC1C2C(CC3C4CC=C5C=C(O)CC[C@]5(C)C4CC[C@@]32C)OC12CC[C@H](C)CO2. The summed E-state index contributed by atoms with van der Waals surface area (Å²) in [6.45, 7) is 10.7. The van der Waals surface area contributed by atoms with Crippen molar-refractivity contribution in [2.45, 2.75) is 91.0 Å². The summed E-state index contributed by atoms with van der Waals surface area (Å²) in [6, 6.07) is 0. The summed E-state index contributed by atoms with van der Waals surface area (Å²) < 4.78 is 13.3. The Morgan fingerprint density at radius 2 is 1.90 bits per heavy atom. The number of aliphatic hydroxyl groups excluding tert-OH is 1. The highest BCUT2D eigenvalue weighted by Gasteiger charge is 2.68. The monoisotopic (exact) mass is 412 g/mol. The van der Waals surface area contributed by atoms with Gasteiger partial charge in [-0.05, 0) is 90.6 Å². The van der Waals surface area contributed by atoms with Crippen LogP contribution in [0.3, 0.4) is 0 Å². The highest BCUT2D eigenvalue weighted by molar-refractivity contribution is 5.35. The molecule has 3 nitrogen and oxygen atoms in total. The molecule has 4 fully saturated rings. The average Bonchev–Trinajstić information content (AvgIpc) is 3.16. The van der Waals surface area contributed by atoms with E-state index in [1.807, 2.05) is 0 Å². The standard InChI is InChI=1S/C27H40O3/c1-16-7-12-27(29-15-16)17(2)24-23(30-27)14-22-20-6-5-18-13-19(28)8-10-25(18,3)21(20)9-11-26(22,24)4/h5,13,16-17,20-24,28H,6-12,14-15H2,1-4H3/t16-,17?,20?,21?,22?,23?,24?,25-,26-,27?/m0/s1. The lowest BCUT2D eigenvalue weighted by Gasteiger charge is -2.57. The molecule has 0 radical (unpaired) electrons.